The lowest BCUT2D eigenvalue weighted by Crippen LogP contribution is -1.97. The first kappa shape index (κ1) is 13.7. The van der Waals surface area contributed by atoms with Crippen LogP contribution in [0.25, 0.3) is 0 Å². The molecule has 0 aliphatic rings. The predicted molar refractivity (Wildman–Crippen MR) is 76.0 cm³/mol. The van der Waals surface area contributed by atoms with E-state index in [1.165, 1.54) is 12.1 Å². The van der Waals surface area contributed by atoms with Crippen molar-refractivity contribution >= 4 is 31.9 Å². The van der Waals surface area contributed by atoms with Crippen LogP contribution in [-0.2, 0) is 0 Å². The minimum atomic E-state index is -0.568. The highest BCUT2D eigenvalue weighted by Gasteiger charge is 2.16. The van der Waals surface area contributed by atoms with Crippen molar-refractivity contribution < 1.29 is 8.78 Å². The lowest BCUT2D eigenvalue weighted by Gasteiger charge is -2.13. The van der Waals surface area contributed by atoms with Gasteiger partial charge in [-0.25, -0.2) is 8.78 Å². The molecule has 1 atom stereocenters. The van der Waals surface area contributed by atoms with E-state index in [0.717, 1.165) is 21.7 Å². The van der Waals surface area contributed by atoms with Crippen LogP contribution >= 0.6 is 31.9 Å². The number of hydrogen-bond donors (Lipinski definition) is 0. The van der Waals surface area contributed by atoms with E-state index >= 15 is 0 Å². The van der Waals surface area contributed by atoms with E-state index in [0.29, 0.717) is 5.56 Å². The molecule has 18 heavy (non-hydrogen) atoms. The van der Waals surface area contributed by atoms with Crippen LogP contribution in [0.5, 0.6) is 0 Å². The van der Waals surface area contributed by atoms with E-state index in [-0.39, 0.29) is 4.83 Å². The Balaban J connectivity index is 2.41. The molecule has 94 valence electrons. The van der Waals surface area contributed by atoms with Crippen LogP contribution in [-0.4, -0.2) is 0 Å². The summed E-state index contributed by atoms with van der Waals surface area (Å²) in [6, 6.07) is 9.41. The summed E-state index contributed by atoms with van der Waals surface area (Å²) in [4.78, 5) is -0.296. The molecule has 0 fully saturated rings. The number of aryl methyl sites for hydroxylation is 1. The van der Waals surface area contributed by atoms with Crippen molar-refractivity contribution in [3.05, 3.63) is 69.2 Å². The Morgan fingerprint density at radius 3 is 2.39 bits per heavy atom. The largest absolute Gasteiger partial charge is 0.207 e. The smallest absolute Gasteiger partial charge is 0.130 e. The molecule has 0 heterocycles. The van der Waals surface area contributed by atoms with Crippen molar-refractivity contribution in [1.82, 2.24) is 0 Å². The van der Waals surface area contributed by atoms with Gasteiger partial charge < -0.3 is 0 Å². The molecular weight excluding hydrogens is 366 g/mol. The van der Waals surface area contributed by atoms with Crippen LogP contribution in [0.3, 0.4) is 0 Å². The molecule has 0 bridgehead atoms. The lowest BCUT2D eigenvalue weighted by molar-refractivity contribution is 0.574. The highest BCUT2D eigenvalue weighted by molar-refractivity contribution is 9.10. The van der Waals surface area contributed by atoms with E-state index < -0.39 is 11.6 Å². The third-order valence-corrected chi connectivity index (χ3v) is 4.60. The molecule has 0 N–H and O–H groups in total. The fourth-order valence-electron chi connectivity index (χ4n) is 1.65. The molecule has 1 unspecified atom stereocenters. The van der Waals surface area contributed by atoms with Gasteiger partial charge in [-0.1, -0.05) is 50.1 Å². The Labute approximate surface area is 121 Å². The fourth-order valence-corrected chi connectivity index (χ4v) is 2.71. The zero-order chi connectivity index (χ0) is 13.3. The second-order valence-electron chi connectivity index (χ2n) is 4.04. The predicted octanol–water partition coefficient (Wildman–Crippen LogP) is 5.52. The van der Waals surface area contributed by atoms with Gasteiger partial charge in [0, 0.05) is 16.1 Å². The van der Waals surface area contributed by atoms with Crippen LogP contribution in [0.15, 0.2) is 40.9 Å². The summed E-state index contributed by atoms with van der Waals surface area (Å²) in [7, 11) is 0. The van der Waals surface area contributed by atoms with Gasteiger partial charge in [-0.15, -0.1) is 0 Å². The van der Waals surface area contributed by atoms with Crippen LogP contribution in [0.4, 0.5) is 8.78 Å². The third-order valence-electron chi connectivity index (χ3n) is 2.72. The lowest BCUT2D eigenvalue weighted by atomic mass is 10.0. The maximum atomic E-state index is 13.7. The zero-order valence-electron chi connectivity index (χ0n) is 9.55. The maximum absolute atomic E-state index is 13.7. The summed E-state index contributed by atoms with van der Waals surface area (Å²) in [6.07, 6.45) is 0. The second kappa shape index (κ2) is 5.49. The average molecular weight is 376 g/mol. The molecule has 0 aliphatic heterocycles. The zero-order valence-corrected chi connectivity index (χ0v) is 12.7. The molecule has 0 saturated carbocycles. The van der Waals surface area contributed by atoms with E-state index in [2.05, 4.69) is 31.9 Å². The molecule has 2 aromatic carbocycles. The minimum Gasteiger partial charge on any atom is -0.207 e. The number of alkyl halides is 1. The van der Waals surface area contributed by atoms with Crippen LogP contribution < -0.4 is 0 Å². The first-order valence-electron chi connectivity index (χ1n) is 5.34. The van der Waals surface area contributed by atoms with Gasteiger partial charge in [-0.3, -0.25) is 0 Å². The Morgan fingerprint density at radius 2 is 1.78 bits per heavy atom. The summed E-state index contributed by atoms with van der Waals surface area (Å²) in [5.41, 5.74) is 2.45. The average Bonchev–Trinajstić information content (AvgIpc) is 2.32. The van der Waals surface area contributed by atoms with E-state index in [1.54, 1.807) is 0 Å². The topological polar surface area (TPSA) is 0 Å². The monoisotopic (exact) mass is 374 g/mol. The molecule has 0 saturated heterocycles. The van der Waals surface area contributed by atoms with Crippen molar-refractivity contribution in [2.75, 3.05) is 0 Å². The van der Waals surface area contributed by atoms with Gasteiger partial charge in [-0.05, 0) is 30.2 Å². The first-order chi connectivity index (χ1) is 8.49. The second-order valence-corrected chi connectivity index (χ2v) is 5.81. The molecule has 2 rings (SSSR count). The summed E-state index contributed by atoms with van der Waals surface area (Å²) in [6.45, 7) is 1.98. The quantitative estimate of drug-likeness (QED) is 0.606. The highest BCUT2D eigenvalue weighted by atomic mass is 79.9. The molecule has 0 nitrogen and oxygen atoms in total. The molecule has 0 amide bonds. The van der Waals surface area contributed by atoms with Gasteiger partial charge in [0.25, 0.3) is 0 Å². The van der Waals surface area contributed by atoms with Gasteiger partial charge in [0.2, 0.25) is 0 Å². The van der Waals surface area contributed by atoms with E-state index in [1.807, 2.05) is 25.1 Å². The summed E-state index contributed by atoms with van der Waals surface area (Å²) < 4.78 is 27.5. The van der Waals surface area contributed by atoms with E-state index in [9.17, 15) is 8.78 Å². The van der Waals surface area contributed by atoms with Gasteiger partial charge >= 0.3 is 0 Å². The summed E-state index contributed by atoms with van der Waals surface area (Å²) >= 11 is 6.89. The van der Waals surface area contributed by atoms with Crippen molar-refractivity contribution in [2.45, 2.75) is 11.8 Å². The van der Waals surface area contributed by atoms with Crippen LogP contribution in [0.2, 0.25) is 0 Å². The third kappa shape index (κ3) is 2.81. The van der Waals surface area contributed by atoms with Gasteiger partial charge in [0.15, 0.2) is 0 Å². The Kier molecular flexibility index (Phi) is 4.17. The number of halogens is 4. The minimum absolute atomic E-state index is 0.296. The molecular formula is C14H10Br2F2. The Morgan fingerprint density at radius 1 is 1.06 bits per heavy atom. The molecule has 4 heteroatoms. The van der Waals surface area contributed by atoms with E-state index in [4.69, 9.17) is 0 Å². The number of rotatable bonds is 2. The van der Waals surface area contributed by atoms with Crippen LogP contribution in [0, 0.1) is 18.6 Å². The standard InChI is InChI=1S/C14H10Br2F2/c1-8-2-3-9(6-12(8)15)14(16)11-5-4-10(17)7-13(11)18/h2-7,14H,1H3. The Hall–Kier alpha value is -0.740. The normalized spacial score (nSPS) is 12.5. The van der Waals surface area contributed by atoms with Crippen molar-refractivity contribution in [3.8, 4) is 0 Å². The fraction of sp³-hybridized carbons (Fsp3) is 0.143. The SMILES string of the molecule is Cc1ccc(C(Br)c2ccc(F)cc2F)cc1Br. The van der Waals surface area contributed by atoms with Crippen LogP contribution in [0.1, 0.15) is 21.5 Å². The van der Waals surface area contributed by atoms with Gasteiger partial charge in [0.05, 0.1) is 4.83 Å². The first-order valence-corrected chi connectivity index (χ1v) is 7.05. The summed E-state index contributed by atoms with van der Waals surface area (Å²) in [5.74, 6) is -1.12. The highest BCUT2D eigenvalue weighted by Crippen LogP contribution is 2.34. The molecule has 0 radical (unpaired) electrons. The molecule has 2 aromatic rings. The van der Waals surface area contributed by atoms with Gasteiger partial charge in [-0.2, -0.15) is 0 Å². The molecule has 0 spiro atoms. The van der Waals surface area contributed by atoms with Crippen molar-refractivity contribution in [1.29, 1.82) is 0 Å². The number of hydrogen-bond acceptors (Lipinski definition) is 0. The summed E-state index contributed by atoms with van der Waals surface area (Å²) in [5, 5.41) is 0. The molecule has 0 aromatic heterocycles. The number of benzene rings is 2. The van der Waals surface area contributed by atoms with Crippen molar-refractivity contribution in [2.24, 2.45) is 0 Å². The Bertz CT molecular complexity index is 582. The maximum Gasteiger partial charge on any atom is 0.130 e. The van der Waals surface area contributed by atoms with Gasteiger partial charge in [0.1, 0.15) is 11.6 Å². The van der Waals surface area contributed by atoms with Crippen molar-refractivity contribution in [3.63, 3.8) is 0 Å². The molecule has 0 aliphatic carbocycles.